The van der Waals surface area contributed by atoms with Crippen molar-refractivity contribution in [1.82, 2.24) is 15.1 Å². The van der Waals surface area contributed by atoms with Crippen LogP contribution in [-0.4, -0.2) is 21.7 Å². The van der Waals surface area contributed by atoms with Crippen LogP contribution in [0.3, 0.4) is 0 Å². The van der Waals surface area contributed by atoms with Crippen LogP contribution in [0.4, 0.5) is 5.69 Å². The Bertz CT molecular complexity index is 396. The maximum Gasteiger partial charge on any atom is 0.220 e. The minimum absolute atomic E-state index is 0.134. The van der Waals surface area contributed by atoms with E-state index in [2.05, 4.69) is 10.4 Å². The summed E-state index contributed by atoms with van der Waals surface area (Å²) in [7, 11) is 0. The lowest BCUT2D eigenvalue weighted by Gasteiger charge is -2.11. The summed E-state index contributed by atoms with van der Waals surface area (Å²) in [5.74, 6) is 0.134. The van der Waals surface area contributed by atoms with Gasteiger partial charge in [-0.1, -0.05) is 0 Å². The zero-order valence-electron chi connectivity index (χ0n) is 9.08. The summed E-state index contributed by atoms with van der Waals surface area (Å²) in [6.07, 6.45) is 1.51. The fourth-order valence-corrected chi connectivity index (χ4v) is 1.91. The van der Waals surface area contributed by atoms with Gasteiger partial charge in [0.25, 0.3) is 0 Å². The third-order valence-corrected chi connectivity index (χ3v) is 2.92. The number of carbonyl (C=O) groups excluding carboxylic acids is 1. The summed E-state index contributed by atoms with van der Waals surface area (Å²) in [5.41, 5.74) is 8.42. The molecule has 5 nitrogen and oxygen atoms in total. The maximum atomic E-state index is 11.0. The molecule has 0 saturated carbocycles. The Kier molecular flexibility index (Phi) is 2.38. The Labute approximate surface area is 88.6 Å². The fraction of sp³-hybridized carbons (Fsp3) is 0.600. The van der Waals surface area contributed by atoms with Gasteiger partial charge in [0.05, 0.1) is 23.6 Å². The fourth-order valence-electron chi connectivity index (χ4n) is 1.91. The van der Waals surface area contributed by atoms with E-state index in [-0.39, 0.29) is 11.9 Å². The van der Waals surface area contributed by atoms with E-state index in [1.165, 1.54) is 0 Å². The van der Waals surface area contributed by atoms with E-state index in [9.17, 15) is 4.79 Å². The molecule has 2 heterocycles. The molecule has 1 aromatic heterocycles. The van der Waals surface area contributed by atoms with Crippen molar-refractivity contribution >= 4 is 11.6 Å². The van der Waals surface area contributed by atoms with Crippen molar-refractivity contribution < 1.29 is 4.79 Å². The van der Waals surface area contributed by atoms with Crippen LogP contribution < -0.4 is 11.1 Å². The molecule has 1 aliphatic heterocycles. The van der Waals surface area contributed by atoms with Crippen molar-refractivity contribution in [3.05, 3.63) is 11.4 Å². The SMILES string of the molecule is Cc1nn(CC2CCC(=O)N2)c(C)c1N. The van der Waals surface area contributed by atoms with Crippen molar-refractivity contribution in [2.24, 2.45) is 0 Å². The number of hydrogen-bond donors (Lipinski definition) is 2. The van der Waals surface area contributed by atoms with E-state index in [1.54, 1.807) is 0 Å². The second kappa shape index (κ2) is 3.56. The smallest absolute Gasteiger partial charge is 0.220 e. The standard InChI is InChI=1S/C10H16N4O/c1-6-10(11)7(2)14(13-6)5-8-3-4-9(15)12-8/h8H,3-5,11H2,1-2H3,(H,12,15). The summed E-state index contributed by atoms with van der Waals surface area (Å²) in [6, 6.07) is 0.204. The van der Waals surface area contributed by atoms with E-state index >= 15 is 0 Å². The van der Waals surface area contributed by atoms with Crippen LogP contribution in [0.2, 0.25) is 0 Å². The van der Waals surface area contributed by atoms with Gasteiger partial charge < -0.3 is 11.1 Å². The minimum atomic E-state index is 0.134. The molecule has 82 valence electrons. The van der Waals surface area contributed by atoms with E-state index < -0.39 is 0 Å². The third kappa shape index (κ3) is 1.82. The second-order valence-corrected chi connectivity index (χ2v) is 4.07. The van der Waals surface area contributed by atoms with E-state index in [0.29, 0.717) is 6.42 Å². The topological polar surface area (TPSA) is 72.9 Å². The number of hydrogen-bond acceptors (Lipinski definition) is 3. The van der Waals surface area contributed by atoms with Gasteiger partial charge in [0.2, 0.25) is 5.91 Å². The van der Waals surface area contributed by atoms with E-state index in [1.807, 2.05) is 18.5 Å². The van der Waals surface area contributed by atoms with Gasteiger partial charge in [0, 0.05) is 12.5 Å². The largest absolute Gasteiger partial charge is 0.396 e. The number of amides is 1. The Balaban J connectivity index is 2.11. The Morgan fingerprint density at radius 2 is 2.33 bits per heavy atom. The predicted octanol–water partition coefficient (Wildman–Crippen LogP) is 0.361. The molecule has 1 amide bonds. The van der Waals surface area contributed by atoms with Crippen LogP contribution in [0.25, 0.3) is 0 Å². The predicted molar refractivity (Wildman–Crippen MR) is 57.3 cm³/mol. The summed E-state index contributed by atoms with van der Waals surface area (Å²) >= 11 is 0. The summed E-state index contributed by atoms with van der Waals surface area (Å²) in [4.78, 5) is 11.0. The van der Waals surface area contributed by atoms with Gasteiger partial charge in [-0.25, -0.2) is 0 Å². The van der Waals surface area contributed by atoms with E-state index in [4.69, 9.17) is 5.73 Å². The molecular weight excluding hydrogens is 192 g/mol. The molecule has 1 aromatic rings. The highest BCUT2D eigenvalue weighted by Gasteiger charge is 2.22. The lowest BCUT2D eigenvalue weighted by Crippen LogP contribution is -2.30. The maximum absolute atomic E-state index is 11.0. The third-order valence-electron chi connectivity index (χ3n) is 2.92. The van der Waals surface area contributed by atoms with Gasteiger partial charge in [-0.3, -0.25) is 9.48 Å². The first-order chi connectivity index (χ1) is 7.08. The van der Waals surface area contributed by atoms with Crippen LogP contribution in [0.1, 0.15) is 24.2 Å². The normalized spacial score (nSPS) is 20.7. The Morgan fingerprint density at radius 3 is 2.80 bits per heavy atom. The highest BCUT2D eigenvalue weighted by Crippen LogP contribution is 2.17. The first kappa shape index (κ1) is 10.0. The number of nitrogens with two attached hydrogens (primary N) is 1. The number of aryl methyl sites for hydroxylation is 1. The zero-order valence-corrected chi connectivity index (χ0v) is 9.08. The first-order valence-corrected chi connectivity index (χ1v) is 5.16. The van der Waals surface area contributed by atoms with Crippen molar-refractivity contribution in [3.8, 4) is 0 Å². The molecule has 1 aliphatic rings. The minimum Gasteiger partial charge on any atom is -0.396 e. The summed E-state index contributed by atoms with van der Waals surface area (Å²) in [6.45, 7) is 4.56. The summed E-state index contributed by atoms with van der Waals surface area (Å²) in [5, 5.41) is 7.26. The Morgan fingerprint density at radius 1 is 1.60 bits per heavy atom. The molecule has 0 aliphatic carbocycles. The second-order valence-electron chi connectivity index (χ2n) is 4.07. The highest BCUT2D eigenvalue weighted by atomic mass is 16.1. The number of nitrogens with one attached hydrogen (secondary N) is 1. The molecule has 5 heteroatoms. The number of carbonyl (C=O) groups is 1. The average molecular weight is 208 g/mol. The van der Waals surface area contributed by atoms with Crippen molar-refractivity contribution in [1.29, 1.82) is 0 Å². The van der Waals surface area contributed by atoms with Crippen LogP contribution in [-0.2, 0) is 11.3 Å². The van der Waals surface area contributed by atoms with Gasteiger partial charge in [-0.15, -0.1) is 0 Å². The first-order valence-electron chi connectivity index (χ1n) is 5.16. The monoisotopic (exact) mass is 208 g/mol. The number of rotatable bonds is 2. The molecule has 1 atom stereocenters. The number of nitrogen functional groups attached to an aromatic ring is 1. The highest BCUT2D eigenvalue weighted by molar-refractivity contribution is 5.78. The number of anilines is 1. The average Bonchev–Trinajstić information content (AvgIpc) is 2.68. The Hall–Kier alpha value is -1.52. The lowest BCUT2D eigenvalue weighted by molar-refractivity contribution is -0.119. The molecule has 1 fully saturated rings. The molecule has 1 unspecified atom stereocenters. The molecular formula is C10H16N4O. The van der Waals surface area contributed by atoms with Gasteiger partial charge in [0.1, 0.15) is 0 Å². The van der Waals surface area contributed by atoms with Gasteiger partial charge >= 0.3 is 0 Å². The van der Waals surface area contributed by atoms with E-state index in [0.717, 1.165) is 30.0 Å². The molecule has 0 spiro atoms. The van der Waals surface area contributed by atoms with Gasteiger partial charge in [-0.05, 0) is 20.3 Å². The molecule has 15 heavy (non-hydrogen) atoms. The van der Waals surface area contributed by atoms with Gasteiger partial charge in [-0.2, -0.15) is 5.10 Å². The zero-order chi connectivity index (χ0) is 11.0. The van der Waals surface area contributed by atoms with Crippen LogP contribution in [0.15, 0.2) is 0 Å². The van der Waals surface area contributed by atoms with Crippen LogP contribution >= 0.6 is 0 Å². The summed E-state index contributed by atoms with van der Waals surface area (Å²) < 4.78 is 1.88. The van der Waals surface area contributed by atoms with Crippen molar-refractivity contribution in [3.63, 3.8) is 0 Å². The quantitative estimate of drug-likeness (QED) is 0.737. The molecule has 1 saturated heterocycles. The van der Waals surface area contributed by atoms with Crippen LogP contribution in [0, 0.1) is 13.8 Å². The van der Waals surface area contributed by atoms with Crippen molar-refractivity contribution in [2.75, 3.05) is 5.73 Å². The molecule has 0 bridgehead atoms. The lowest BCUT2D eigenvalue weighted by atomic mass is 10.2. The van der Waals surface area contributed by atoms with Crippen molar-refractivity contribution in [2.45, 2.75) is 39.3 Å². The van der Waals surface area contributed by atoms with Crippen LogP contribution in [0.5, 0.6) is 0 Å². The molecule has 2 rings (SSSR count). The number of aromatic nitrogens is 2. The number of nitrogens with zero attached hydrogens (tertiary/aromatic N) is 2. The molecule has 3 N–H and O–H groups in total. The molecule has 0 radical (unpaired) electrons. The molecule has 0 aromatic carbocycles. The van der Waals surface area contributed by atoms with Gasteiger partial charge in [0.15, 0.2) is 0 Å².